The molecule has 1 aromatic carbocycles. The Morgan fingerprint density at radius 2 is 1.85 bits per heavy atom. The van der Waals surface area contributed by atoms with Crippen molar-refractivity contribution in [1.82, 2.24) is 20.4 Å². The molecule has 1 saturated heterocycles. The van der Waals surface area contributed by atoms with Crippen molar-refractivity contribution in [2.45, 2.75) is 38.5 Å². The molecule has 144 valence electrons. The normalized spacial score (nSPS) is 18.1. The lowest BCUT2D eigenvalue weighted by molar-refractivity contribution is 0.195. The van der Waals surface area contributed by atoms with Crippen LogP contribution < -0.4 is 10.2 Å². The standard InChI is InChI=1S/C20H27N5O2/c1-2-21-20(26)25-13-11-24(12-14-25)17-9-7-15(8-10-17)18-22-19(27-23-18)16-5-3-4-6-16/h7-10,16H,2-6,11-14H2,1H3,(H,21,26). The topological polar surface area (TPSA) is 74.5 Å². The number of urea groups is 1. The highest BCUT2D eigenvalue weighted by Crippen LogP contribution is 2.34. The first-order chi connectivity index (χ1) is 13.2. The number of piperazine rings is 1. The highest BCUT2D eigenvalue weighted by molar-refractivity contribution is 5.74. The Morgan fingerprint density at radius 3 is 2.52 bits per heavy atom. The summed E-state index contributed by atoms with van der Waals surface area (Å²) in [6.45, 7) is 5.76. The average Bonchev–Trinajstić information content (AvgIpc) is 3.40. The number of aromatic nitrogens is 2. The molecule has 4 rings (SSSR count). The van der Waals surface area contributed by atoms with Crippen LogP contribution in [0.4, 0.5) is 10.5 Å². The summed E-state index contributed by atoms with van der Waals surface area (Å²) in [6, 6.07) is 8.33. The fraction of sp³-hybridized carbons (Fsp3) is 0.550. The van der Waals surface area contributed by atoms with Gasteiger partial charge in [-0.15, -0.1) is 0 Å². The van der Waals surface area contributed by atoms with Crippen LogP contribution in [0.1, 0.15) is 44.4 Å². The smallest absolute Gasteiger partial charge is 0.317 e. The predicted octanol–water partition coefficient (Wildman–Crippen LogP) is 3.25. The molecule has 0 atom stereocenters. The summed E-state index contributed by atoms with van der Waals surface area (Å²) in [7, 11) is 0. The second kappa shape index (κ2) is 7.98. The van der Waals surface area contributed by atoms with Crippen molar-refractivity contribution in [3.05, 3.63) is 30.2 Å². The zero-order valence-electron chi connectivity index (χ0n) is 15.9. The lowest BCUT2D eigenvalue weighted by Crippen LogP contribution is -2.51. The lowest BCUT2D eigenvalue weighted by atomic mass is 10.1. The van der Waals surface area contributed by atoms with Gasteiger partial charge in [-0.2, -0.15) is 4.98 Å². The van der Waals surface area contributed by atoms with Gasteiger partial charge in [-0.1, -0.05) is 18.0 Å². The quantitative estimate of drug-likeness (QED) is 0.895. The molecule has 1 aromatic heterocycles. The molecule has 7 nitrogen and oxygen atoms in total. The van der Waals surface area contributed by atoms with Crippen LogP contribution in [-0.2, 0) is 0 Å². The maximum Gasteiger partial charge on any atom is 0.317 e. The summed E-state index contributed by atoms with van der Waals surface area (Å²) in [4.78, 5) is 20.7. The highest BCUT2D eigenvalue weighted by atomic mass is 16.5. The predicted molar refractivity (Wildman–Crippen MR) is 104 cm³/mol. The van der Waals surface area contributed by atoms with Crippen LogP contribution in [0.5, 0.6) is 0 Å². The Balaban J connectivity index is 1.37. The molecule has 2 amide bonds. The van der Waals surface area contributed by atoms with E-state index in [1.807, 2.05) is 11.8 Å². The van der Waals surface area contributed by atoms with Crippen molar-refractivity contribution in [1.29, 1.82) is 0 Å². The molecular formula is C20H27N5O2. The van der Waals surface area contributed by atoms with Gasteiger partial charge in [-0.05, 0) is 44.0 Å². The number of nitrogens with one attached hydrogen (secondary N) is 1. The first kappa shape index (κ1) is 17.8. The minimum absolute atomic E-state index is 0.0303. The number of carbonyl (C=O) groups excluding carboxylic acids is 1. The van der Waals surface area contributed by atoms with E-state index in [1.165, 1.54) is 12.8 Å². The maximum absolute atomic E-state index is 11.9. The van der Waals surface area contributed by atoms with Crippen LogP contribution in [0.3, 0.4) is 0 Å². The third-order valence-corrected chi connectivity index (χ3v) is 5.53. The highest BCUT2D eigenvalue weighted by Gasteiger charge is 2.24. The molecule has 1 aliphatic heterocycles. The van der Waals surface area contributed by atoms with Gasteiger partial charge in [0.2, 0.25) is 11.7 Å². The number of amides is 2. The third kappa shape index (κ3) is 3.91. The number of rotatable bonds is 4. The van der Waals surface area contributed by atoms with E-state index in [0.29, 0.717) is 18.3 Å². The van der Waals surface area contributed by atoms with Gasteiger partial charge in [0.05, 0.1) is 0 Å². The van der Waals surface area contributed by atoms with Crippen LogP contribution in [0.2, 0.25) is 0 Å². The summed E-state index contributed by atoms with van der Waals surface area (Å²) in [5, 5.41) is 7.03. The average molecular weight is 369 g/mol. The Hall–Kier alpha value is -2.57. The van der Waals surface area contributed by atoms with Gasteiger partial charge < -0.3 is 19.6 Å². The van der Waals surface area contributed by atoms with Crippen LogP contribution in [0, 0.1) is 0 Å². The Bertz CT molecular complexity index is 759. The third-order valence-electron chi connectivity index (χ3n) is 5.53. The van der Waals surface area contributed by atoms with Gasteiger partial charge in [0.25, 0.3) is 0 Å². The second-order valence-electron chi connectivity index (χ2n) is 7.29. The summed E-state index contributed by atoms with van der Waals surface area (Å²) in [6.07, 6.45) is 4.82. The molecule has 0 spiro atoms. The van der Waals surface area contributed by atoms with Gasteiger partial charge in [-0.3, -0.25) is 0 Å². The first-order valence-electron chi connectivity index (χ1n) is 9.96. The van der Waals surface area contributed by atoms with E-state index in [9.17, 15) is 4.79 Å². The molecule has 2 fully saturated rings. The van der Waals surface area contributed by atoms with E-state index in [4.69, 9.17) is 4.52 Å². The van der Waals surface area contributed by atoms with Crippen molar-refractivity contribution >= 4 is 11.7 Å². The molecule has 0 radical (unpaired) electrons. The van der Waals surface area contributed by atoms with E-state index in [-0.39, 0.29) is 6.03 Å². The van der Waals surface area contributed by atoms with Crippen LogP contribution in [-0.4, -0.2) is 53.8 Å². The van der Waals surface area contributed by atoms with E-state index >= 15 is 0 Å². The molecule has 2 heterocycles. The summed E-state index contributed by atoms with van der Waals surface area (Å²) in [5.41, 5.74) is 2.14. The van der Waals surface area contributed by atoms with Gasteiger partial charge in [0, 0.05) is 49.9 Å². The summed E-state index contributed by atoms with van der Waals surface area (Å²) in [5.74, 6) is 1.89. The number of anilines is 1. The minimum atomic E-state index is 0.0303. The van der Waals surface area contributed by atoms with Gasteiger partial charge in [0.1, 0.15) is 0 Å². The maximum atomic E-state index is 11.9. The number of hydrogen-bond donors (Lipinski definition) is 1. The number of hydrogen-bond acceptors (Lipinski definition) is 5. The zero-order valence-corrected chi connectivity index (χ0v) is 15.9. The fourth-order valence-corrected chi connectivity index (χ4v) is 3.94. The van der Waals surface area contributed by atoms with Gasteiger partial charge in [-0.25, -0.2) is 4.79 Å². The van der Waals surface area contributed by atoms with Crippen molar-refractivity contribution < 1.29 is 9.32 Å². The summed E-state index contributed by atoms with van der Waals surface area (Å²) >= 11 is 0. The molecule has 27 heavy (non-hydrogen) atoms. The van der Waals surface area contributed by atoms with E-state index in [1.54, 1.807) is 0 Å². The molecule has 0 bridgehead atoms. The first-order valence-corrected chi connectivity index (χ1v) is 9.96. The molecule has 7 heteroatoms. The summed E-state index contributed by atoms with van der Waals surface area (Å²) < 4.78 is 5.49. The lowest BCUT2D eigenvalue weighted by Gasteiger charge is -2.36. The van der Waals surface area contributed by atoms with Crippen molar-refractivity contribution in [2.24, 2.45) is 0 Å². The Morgan fingerprint density at radius 1 is 1.15 bits per heavy atom. The SMILES string of the molecule is CCNC(=O)N1CCN(c2ccc(-c3noc(C4CCCC4)n3)cc2)CC1. The molecule has 0 unspecified atom stereocenters. The molecular weight excluding hydrogens is 342 g/mol. The number of nitrogens with zero attached hydrogens (tertiary/aromatic N) is 4. The van der Waals surface area contributed by atoms with E-state index < -0.39 is 0 Å². The van der Waals surface area contributed by atoms with Crippen LogP contribution in [0.25, 0.3) is 11.4 Å². The van der Waals surface area contributed by atoms with E-state index in [2.05, 4.69) is 44.6 Å². The number of benzene rings is 1. The molecule has 2 aromatic rings. The van der Waals surface area contributed by atoms with Crippen molar-refractivity contribution in [3.8, 4) is 11.4 Å². The van der Waals surface area contributed by atoms with Crippen LogP contribution in [0.15, 0.2) is 28.8 Å². The Labute approximate surface area is 159 Å². The van der Waals surface area contributed by atoms with Crippen molar-refractivity contribution in [2.75, 3.05) is 37.6 Å². The fourth-order valence-electron chi connectivity index (χ4n) is 3.94. The molecule has 1 saturated carbocycles. The van der Waals surface area contributed by atoms with Crippen molar-refractivity contribution in [3.63, 3.8) is 0 Å². The number of carbonyl (C=O) groups is 1. The van der Waals surface area contributed by atoms with Gasteiger partial charge >= 0.3 is 6.03 Å². The monoisotopic (exact) mass is 369 g/mol. The van der Waals surface area contributed by atoms with E-state index in [0.717, 1.165) is 56.2 Å². The largest absolute Gasteiger partial charge is 0.368 e. The Kier molecular flexibility index (Phi) is 5.27. The second-order valence-corrected chi connectivity index (χ2v) is 7.29. The van der Waals surface area contributed by atoms with Gasteiger partial charge in [0.15, 0.2) is 0 Å². The van der Waals surface area contributed by atoms with Crippen LogP contribution >= 0.6 is 0 Å². The minimum Gasteiger partial charge on any atom is -0.368 e. The molecule has 2 aliphatic rings. The zero-order chi connectivity index (χ0) is 18.6. The molecule has 1 aliphatic carbocycles. The molecule has 1 N–H and O–H groups in total.